The van der Waals surface area contributed by atoms with Gasteiger partial charge >= 0.3 is 0 Å². The van der Waals surface area contributed by atoms with Crippen LogP contribution in [0, 0.1) is 0 Å². The quantitative estimate of drug-likeness (QED) is 0.574. The molecule has 0 saturated heterocycles. The maximum Gasteiger partial charge on any atom is 0.0109 e. The Morgan fingerprint density at radius 3 is 1.79 bits per heavy atom. The van der Waals surface area contributed by atoms with E-state index in [0.29, 0.717) is 11.8 Å². The SMILES string of the molecule is C1=C(P(c2ccccc2)c2ccccc2)C2CC1c1ccccc12. The first-order chi connectivity index (χ1) is 11.9. The molecule has 2 aliphatic carbocycles. The third kappa shape index (κ3) is 2.18. The van der Waals surface area contributed by atoms with Crippen LogP contribution in [-0.2, 0) is 0 Å². The molecule has 5 rings (SSSR count). The van der Waals surface area contributed by atoms with Crippen LogP contribution < -0.4 is 10.6 Å². The highest BCUT2D eigenvalue weighted by Gasteiger charge is 2.40. The van der Waals surface area contributed by atoms with Gasteiger partial charge in [-0.1, -0.05) is 91.0 Å². The third-order valence-electron chi connectivity index (χ3n) is 5.28. The van der Waals surface area contributed by atoms with Gasteiger partial charge in [0.1, 0.15) is 0 Å². The lowest BCUT2D eigenvalue weighted by Gasteiger charge is -2.26. The number of allylic oxidation sites excluding steroid dienone is 2. The molecule has 0 radical (unpaired) electrons. The summed E-state index contributed by atoms with van der Waals surface area (Å²) in [6.07, 6.45) is 3.85. The fraction of sp³-hybridized carbons (Fsp3) is 0.130. The van der Waals surface area contributed by atoms with Crippen molar-refractivity contribution in [1.29, 1.82) is 0 Å². The first-order valence-corrected chi connectivity index (χ1v) is 9.97. The van der Waals surface area contributed by atoms with Crippen molar-refractivity contribution in [3.63, 3.8) is 0 Å². The Kier molecular flexibility index (Phi) is 3.39. The third-order valence-corrected chi connectivity index (χ3v) is 7.88. The van der Waals surface area contributed by atoms with Crippen LogP contribution in [0.5, 0.6) is 0 Å². The predicted octanol–water partition coefficient (Wildman–Crippen LogP) is 5.29. The van der Waals surface area contributed by atoms with Crippen LogP contribution in [-0.4, -0.2) is 0 Å². The molecule has 0 spiro atoms. The average Bonchev–Trinajstić information content (AvgIpc) is 3.24. The lowest BCUT2D eigenvalue weighted by molar-refractivity contribution is 0.800. The maximum absolute atomic E-state index is 2.58. The Balaban J connectivity index is 1.64. The van der Waals surface area contributed by atoms with E-state index in [0.717, 1.165) is 0 Å². The van der Waals surface area contributed by atoms with E-state index >= 15 is 0 Å². The molecule has 0 aliphatic heterocycles. The molecule has 1 heteroatoms. The Hall–Kier alpha value is -2.17. The van der Waals surface area contributed by atoms with Gasteiger partial charge in [-0.05, 0) is 41.4 Å². The van der Waals surface area contributed by atoms with Crippen LogP contribution in [0.25, 0.3) is 0 Å². The van der Waals surface area contributed by atoms with Crippen molar-refractivity contribution in [3.8, 4) is 0 Å². The van der Waals surface area contributed by atoms with Crippen molar-refractivity contribution >= 4 is 18.5 Å². The molecule has 2 aliphatic rings. The Morgan fingerprint density at radius 2 is 1.17 bits per heavy atom. The Labute approximate surface area is 144 Å². The van der Waals surface area contributed by atoms with Gasteiger partial charge in [0.15, 0.2) is 0 Å². The summed E-state index contributed by atoms with van der Waals surface area (Å²) in [5, 5.41) is 4.59. The highest BCUT2D eigenvalue weighted by atomic mass is 31.1. The lowest BCUT2D eigenvalue weighted by atomic mass is 9.97. The van der Waals surface area contributed by atoms with Gasteiger partial charge in [0.05, 0.1) is 0 Å². The summed E-state index contributed by atoms with van der Waals surface area (Å²) in [5.74, 6) is 1.23. The maximum atomic E-state index is 2.58. The number of fused-ring (bicyclic) bond motifs is 5. The van der Waals surface area contributed by atoms with Gasteiger partial charge in [-0.15, -0.1) is 0 Å². The van der Waals surface area contributed by atoms with E-state index in [2.05, 4.69) is 91.0 Å². The monoisotopic (exact) mass is 326 g/mol. The molecule has 116 valence electrons. The minimum atomic E-state index is -0.430. The minimum Gasteiger partial charge on any atom is -0.0720 e. The van der Waals surface area contributed by atoms with Crippen molar-refractivity contribution in [1.82, 2.24) is 0 Å². The topological polar surface area (TPSA) is 0 Å². The van der Waals surface area contributed by atoms with E-state index < -0.39 is 7.92 Å². The van der Waals surface area contributed by atoms with Gasteiger partial charge in [-0.25, -0.2) is 0 Å². The van der Waals surface area contributed by atoms with Crippen molar-refractivity contribution in [2.24, 2.45) is 0 Å². The second kappa shape index (κ2) is 5.72. The van der Waals surface area contributed by atoms with Crippen molar-refractivity contribution in [3.05, 3.63) is 107 Å². The Bertz CT molecular complexity index is 856. The fourth-order valence-electron chi connectivity index (χ4n) is 4.27. The second-order valence-electron chi connectivity index (χ2n) is 6.62. The predicted molar refractivity (Wildman–Crippen MR) is 104 cm³/mol. The zero-order valence-corrected chi connectivity index (χ0v) is 14.4. The minimum absolute atomic E-state index is 0.430. The smallest absolute Gasteiger partial charge is 0.0109 e. The van der Waals surface area contributed by atoms with Crippen molar-refractivity contribution < 1.29 is 0 Å². The largest absolute Gasteiger partial charge is 0.0720 e. The molecule has 3 aromatic carbocycles. The van der Waals surface area contributed by atoms with E-state index in [4.69, 9.17) is 0 Å². The summed E-state index contributed by atoms with van der Waals surface area (Å²) in [5.41, 5.74) is 3.13. The zero-order chi connectivity index (χ0) is 15.9. The number of benzene rings is 3. The van der Waals surface area contributed by atoms with Gasteiger partial charge in [0.25, 0.3) is 0 Å². The molecule has 3 aromatic rings. The lowest BCUT2D eigenvalue weighted by Crippen LogP contribution is -2.15. The normalized spacial score (nSPS) is 21.0. The van der Waals surface area contributed by atoms with Crippen LogP contribution in [0.15, 0.2) is 96.3 Å². The molecular formula is C23H19P. The van der Waals surface area contributed by atoms with Crippen LogP contribution in [0.3, 0.4) is 0 Å². The van der Waals surface area contributed by atoms with E-state index in [1.807, 2.05) is 0 Å². The summed E-state index contributed by atoms with van der Waals surface area (Å²) >= 11 is 0. The van der Waals surface area contributed by atoms with Gasteiger partial charge in [-0.2, -0.15) is 0 Å². The molecular weight excluding hydrogens is 307 g/mol. The Morgan fingerprint density at radius 1 is 0.625 bits per heavy atom. The van der Waals surface area contributed by atoms with Crippen molar-refractivity contribution in [2.45, 2.75) is 18.3 Å². The van der Waals surface area contributed by atoms with E-state index in [9.17, 15) is 0 Å². The molecule has 0 N–H and O–H groups in total. The number of hydrogen-bond acceptors (Lipinski definition) is 0. The molecule has 2 unspecified atom stereocenters. The van der Waals surface area contributed by atoms with Crippen LogP contribution in [0.1, 0.15) is 29.4 Å². The second-order valence-corrected chi connectivity index (χ2v) is 8.84. The standard InChI is InChI=1S/C23H19P/c1-3-9-18(10-4-1)24(19-11-5-2-6-12-19)23-16-17-15-22(23)21-14-8-7-13-20(17)21/h1-14,16-17,22H,15H2. The molecule has 0 heterocycles. The highest BCUT2D eigenvalue weighted by molar-refractivity contribution is 7.76. The van der Waals surface area contributed by atoms with E-state index in [-0.39, 0.29) is 0 Å². The van der Waals surface area contributed by atoms with Gasteiger partial charge < -0.3 is 0 Å². The molecule has 0 amide bonds. The van der Waals surface area contributed by atoms with Gasteiger partial charge in [0.2, 0.25) is 0 Å². The summed E-state index contributed by atoms with van der Waals surface area (Å²) in [6, 6.07) is 31.2. The van der Waals surface area contributed by atoms with Crippen LogP contribution in [0.2, 0.25) is 0 Å². The molecule has 0 aromatic heterocycles. The van der Waals surface area contributed by atoms with Gasteiger partial charge in [0, 0.05) is 11.8 Å². The molecule has 0 nitrogen and oxygen atoms in total. The summed E-state index contributed by atoms with van der Waals surface area (Å²) in [4.78, 5) is 0. The number of hydrogen-bond donors (Lipinski definition) is 0. The number of rotatable bonds is 3. The molecule has 2 bridgehead atoms. The fourth-order valence-corrected chi connectivity index (χ4v) is 6.99. The average molecular weight is 326 g/mol. The highest BCUT2D eigenvalue weighted by Crippen LogP contribution is 2.62. The summed E-state index contributed by atoms with van der Waals surface area (Å²) < 4.78 is 0. The van der Waals surface area contributed by atoms with Crippen LogP contribution >= 0.6 is 7.92 Å². The zero-order valence-electron chi connectivity index (χ0n) is 13.5. The molecule has 0 fully saturated rings. The first-order valence-electron chi connectivity index (χ1n) is 8.62. The van der Waals surface area contributed by atoms with E-state index in [1.165, 1.54) is 17.0 Å². The van der Waals surface area contributed by atoms with E-state index in [1.54, 1.807) is 16.4 Å². The molecule has 0 saturated carbocycles. The van der Waals surface area contributed by atoms with Crippen LogP contribution in [0.4, 0.5) is 0 Å². The van der Waals surface area contributed by atoms with Crippen molar-refractivity contribution in [2.75, 3.05) is 0 Å². The molecule has 2 atom stereocenters. The summed E-state index contributed by atoms with van der Waals surface area (Å²) in [6.45, 7) is 0. The molecule has 24 heavy (non-hydrogen) atoms. The van der Waals surface area contributed by atoms with Gasteiger partial charge in [-0.3, -0.25) is 0 Å². The summed E-state index contributed by atoms with van der Waals surface area (Å²) in [7, 11) is -0.430. The first kappa shape index (κ1) is 14.2.